The minimum absolute atomic E-state index is 0.0421. The van der Waals surface area contributed by atoms with Gasteiger partial charge < -0.3 is 9.84 Å². The summed E-state index contributed by atoms with van der Waals surface area (Å²) >= 11 is 0. The van der Waals surface area contributed by atoms with Crippen molar-refractivity contribution in [3.8, 4) is 0 Å². The van der Waals surface area contributed by atoms with Gasteiger partial charge >= 0.3 is 0 Å². The summed E-state index contributed by atoms with van der Waals surface area (Å²) in [5.41, 5.74) is 6.74. The van der Waals surface area contributed by atoms with Crippen molar-refractivity contribution >= 4 is 0 Å². The van der Waals surface area contributed by atoms with Crippen LogP contribution in [0.2, 0.25) is 0 Å². The Hall–Kier alpha value is -1.64. The van der Waals surface area contributed by atoms with Crippen LogP contribution < -0.4 is 0 Å². The maximum Gasteiger partial charge on any atom is 0.0902 e. The minimum Gasteiger partial charge on any atom is -0.394 e. The summed E-state index contributed by atoms with van der Waals surface area (Å²) in [5.74, 6) is 0.362. The van der Waals surface area contributed by atoms with Crippen LogP contribution in [0.4, 0.5) is 0 Å². The van der Waals surface area contributed by atoms with E-state index in [1.807, 2.05) is 0 Å². The van der Waals surface area contributed by atoms with Gasteiger partial charge in [-0.15, -0.1) is 0 Å². The zero-order chi connectivity index (χ0) is 14.4. The average molecular weight is 280 g/mol. The molecule has 1 fully saturated rings. The number of hydrogen-bond donors (Lipinski definition) is 1. The maximum absolute atomic E-state index is 9.51. The molecule has 1 saturated heterocycles. The Labute approximate surface area is 125 Å². The summed E-state index contributed by atoms with van der Waals surface area (Å²) in [6.07, 6.45) is 1.93. The van der Waals surface area contributed by atoms with Crippen LogP contribution in [-0.4, -0.2) is 17.8 Å². The highest BCUT2D eigenvalue weighted by molar-refractivity contribution is 5.46. The van der Waals surface area contributed by atoms with Gasteiger partial charge in [-0.2, -0.15) is 0 Å². The number of aliphatic hydroxyl groups excluding tert-OH is 1. The van der Waals surface area contributed by atoms with Gasteiger partial charge in [-0.3, -0.25) is 0 Å². The lowest BCUT2D eigenvalue weighted by atomic mass is 9.87. The monoisotopic (exact) mass is 280 g/mol. The summed E-state index contributed by atoms with van der Waals surface area (Å²) in [7, 11) is 0. The first-order valence-electron chi connectivity index (χ1n) is 7.70. The molecular weight excluding hydrogens is 260 g/mol. The Bertz CT molecular complexity index is 677. The summed E-state index contributed by atoms with van der Waals surface area (Å²) in [4.78, 5) is 0. The third-order valence-electron chi connectivity index (χ3n) is 4.87. The SMILES string of the molecule is Cc1ccc2c(c1)C1OC(CO)CC1c1ccccc1C2. The molecule has 4 rings (SSSR count). The lowest BCUT2D eigenvalue weighted by Crippen LogP contribution is -2.11. The van der Waals surface area contributed by atoms with Gasteiger partial charge in [0.1, 0.15) is 0 Å². The maximum atomic E-state index is 9.51. The van der Waals surface area contributed by atoms with Gasteiger partial charge in [0.05, 0.1) is 18.8 Å². The van der Waals surface area contributed by atoms with E-state index >= 15 is 0 Å². The van der Waals surface area contributed by atoms with E-state index in [4.69, 9.17) is 4.74 Å². The number of ether oxygens (including phenoxy) is 1. The third-order valence-corrected chi connectivity index (χ3v) is 4.87. The molecule has 0 saturated carbocycles. The predicted octanol–water partition coefficient (Wildman–Crippen LogP) is 3.51. The van der Waals surface area contributed by atoms with E-state index in [0.29, 0.717) is 5.92 Å². The molecule has 108 valence electrons. The molecule has 2 heteroatoms. The van der Waals surface area contributed by atoms with Crippen molar-refractivity contribution in [3.63, 3.8) is 0 Å². The van der Waals surface area contributed by atoms with Crippen LogP contribution in [0.25, 0.3) is 0 Å². The molecule has 0 radical (unpaired) electrons. The van der Waals surface area contributed by atoms with Crippen molar-refractivity contribution < 1.29 is 9.84 Å². The zero-order valence-electron chi connectivity index (χ0n) is 12.3. The molecule has 2 aromatic carbocycles. The Balaban J connectivity index is 1.90. The molecule has 3 atom stereocenters. The van der Waals surface area contributed by atoms with Crippen molar-refractivity contribution in [1.82, 2.24) is 0 Å². The van der Waals surface area contributed by atoms with Crippen molar-refractivity contribution in [2.75, 3.05) is 6.61 Å². The summed E-state index contributed by atoms with van der Waals surface area (Å²) in [6, 6.07) is 15.4. The molecule has 0 aromatic heterocycles. The zero-order valence-corrected chi connectivity index (χ0v) is 12.3. The average Bonchev–Trinajstić information content (AvgIpc) is 2.89. The Kier molecular flexibility index (Phi) is 3.09. The molecule has 2 aromatic rings. The van der Waals surface area contributed by atoms with Gasteiger partial charge in [0.25, 0.3) is 0 Å². The number of fused-ring (bicyclic) bond motifs is 5. The van der Waals surface area contributed by atoms with E-state index in [2.05, 4.69) is 49.4 Å². The molecule has 21 heavy (non-hydrogen) atoms. The standard InChI is InChI=1S/C19H20O2/c1-12-6-7-14-9-13-4-2-3-5-16(13)18-10-15(11-20)21-19(18)17(14)8-12/h2-8,15,18-20H,9-11H2,1H3. The van der Waals surface area contributed by atoms with Crippen molar-refractivity contribution in [1.29, 1.82) is 0 Å². The van der Waals surface area contributed by atoms with Crippen LogP contribution >= 0.6 is 0 Å². The van der Waals surface area contributed by atoms with Crippen LogP contribution in [0.5, 0.6) is 0 Å². The molecule has 1 aliphatic heterocycles. The minimum atomic E-state index is -0.0421. The van der Waals surface area contributed by atoms with E-state index < -0.39 is 0 Å². The number of rotatable bonds is 1. The molecule has 3 unspecified atom stereocenters. The highest BCUT2D eigenvalue weighted by Gasteiger charge is 2.40. The van der Waals surface area contributed by atoms with E-state index in [0.717, 1.165) is 12.8 Å². The highest BCUT2D eigenvalue weighted by atomic mass is 16.5. The predicted molar refractivity (Wildman–Crippen MR) is 82.5 cm³/mol. The normalized spacial score (nSPS) is 26.7. The molecule has 2 aliphatic rings. The van der Waals surface area contributed by atoms with Crippen LogP contribution in [-0.2, 0) is 11.2 Å². The summed E-state index contributed by atoms with van der Waals surface area (Å²) in [6.45, 7) is 2.24. The Morgan fingerprint density at radius 2 is 1.90 bits per heavy atom. The number of benzene rings is 2. The van der Waals surface area contributed by atoms with Crippen molar-refractivity contribution in [2.24, 2.45) is 0 Å². The third kappa shape index (κ3) is 2.10. The van der Waals surface area contributed by atoms with Crippen LogP contribution in [0, 0.1) is 6.92 Å². The molecule has 2 nitrogen and oxygen atoms in total. The second-order valence-corrected chi connectivity index (χ2v) is 6.28. The smallest absolute Gasteiger partial charge is 0.0902 e. The van der Waals surface area contributed by atoms with E-state index in [1.165, 1.54) is 27.8 Å². The summed E-state index contributed by atoms with van der Waals surface area (Å²) in [5, 5.41) is 9.51. The fraction of sp³-hybridized carbons (Fsp3) is 0.368. The number of aliphatic hydroxyl groups is 1. The van der Waals surface area contributed by atoms with Gasteiger partial charge in [0.15, 0.2) is 0 Å². The number of hydrogen-bond acceptors (Lipinski definition) is 2. The van der Waals surface area contributed by atoms with Crippen molar-refractivity contribution in [3.05, 3.63) is 70.3 Å². The summed E-state index contributed by atoms with van der Waals surface area (Å²) < 4.78 is 6.18. The van der Waals surface area contributed by atoms with Gasteiger partial charge in [-0.1, -0.05) is 48.0 Å². The first kappa shape index (κ1) is 13.1. The van der Waals surface area contributed by atoms with Gasteiger partial charge in [0.2, 0.25) is 0 Å². The molecule has 0 amide bonds. The highest BCUT2D eigenvalue weighted by Crippen LogP contribution is 2.49. The topological polar surface area (TPSA) is 29.5 Å². The van der Waals surface area contributed by atoms with Gasteiger partial charge in [0, 0.05) is 5.92 Å². The molecule has 1 heterocycles. The molecule has 0 spiro atoms. The van der Waals surface area contributed by atoms with Crippen LogP contribution in [0.3, 0.4) is 0 Å². The first-order valence-corrected chi connectivity index (χ1v) is 7.70. The molecule has 1 aliphatic carbocycles. The molecular formula is C19H20O2. The lowest BCUT2D eigenvalue weighted by Gasteiger charge is -2.19. The fourth-order valence-electron chi connectivity index (χ4n) is 3.86. The first-order chi connectivity index (χ1) is 10.3. The fourth-order valence-corrected chi connectivity index (χ4v) is 3.86. The second kappa shape index (κ2) is 4.97. The van der Waals surface area contributed by atoms with Gasteiger partial charge in [-0.05, 0) is 42.0 Å². The Morgan fingerprint density at radius 3 is 2.76 bits per heavy atom. The Morgan fingerprint density at radius 1 is 1.10 bits per heavy atom. The van der Waals surface area contributed by atoms with Crippen LogP contribution in [0.1, 0.15) is 46.3 Å². The van der Waals surface area contributed by atoms with Crippen LogP contribution in [0.15, 0.2) is 42.5 Å². The van der Waals surface area contributed by atoms with E-state index in [-0.39, 0.29) is 18.8 Å². The van der Waals surface area contributed by atoms with Gasteiger partial charge in [-0.25, -0.2) is 0 Å². The number of aryl methyl sites for hydroxylation is 1. The second-order valence-electron chi connectivity index (χ2n) is 6.28. The quantitative estimate of drug-likeness (QED) is 0.866. The lowest BCUT2D eigenvalue weighted by molar-refractivity contribution is 0.00839. The van der Waals surface area contributed by atoms with E-state index in [1.54, 1.807) is 0 Å². The molecule has 0 bridgehead atoms. The molecule has 1 N–H and O–H groups in total. The van der Waals surface area contributed by atoms with E-state index in [9.17, 15) is 5.11 Å². The van der Waals surface area contributed by atoms with Crippen molar-refractivity contribution in [2.45, 2.75) is 37.9 Å². The largest absolute Gasteiger partial charge is 0.394 e.